The molecule has 2 heterocycles. The van der Waals surface area contributed by atoms with Gasteiger partial charge in [-0.2, -0.15) is 0 Å². The Hall–Kier alpha value is -1.59. The molecule has 1 N–H and O–H groups in total. The Morgan fingerprint density at radius 3 is 2.32 bits per heavy atom. The minimum atomic E-state index is 0.00753. The third-order valence-electron chi connectivity index (χ3n) is 6.08. The topological polar surface area (TPSA) is 52.7 Å². The molecule has 28 heavy (non-hydrogen) atoms. The highest BCUT2D eigenvalue weighted by atomic mass is 35.5. The third-order valence-corrected chi connectivity index (χ3v) is 6.33. The van der Waals surface area contributed by atoms with E-state index in [2.05, 4.69) is 22.3 Å². The molecular weight excluding hydrogens is 374 g/mol. The number of hydrogen-bond donors (Lipinski definition) is 1. The number of nitrogens with zero attached hydrogens (tertiary/aromatic N) is 2. The van der Waals surface area contributed by atoms with Crippen LogP contribution in [-0.4, -0.2) is 54.3 Å². The molecule has 2 aliphatic heterocycles. The second kappa shape index (κ2) is 10.3. The van der Waals surface area contributed by atoms with Gasteiger partial charge in [0.15, 0.2) is 0 Å². The molecule has 0 aromatic heterocycles. The molecule has 2 aliphatic rings. The van der Waals surface area contributed by atoms with E-state index in [0.717, 1.165) is 31.0 Å². The number of nitrogens with one attached hydrogen (secondary N) is 1. The molecule has 154 valence electrons. The molecule has 1 unspecified atom stereocenters. The highest BCUT2D eigenvalue weighted by molar-refractivity contribution is 6.30. The van der Waals surface area contributed by atoms with Crippen LogP contribution in [0, 0.1) is 5.92 Å². The van der Waals surface area contributed by atoms with E-state index in [4.69, 9.17) is 11.6 Å². The molecule has 1 atom stereocenters. The van der Waals surface area contributed by atoms with Crippen molar-refractivity contribution >= 4 is 23.4 Å². The Bertz CT molecular complexity index is 650. The van der Waals surface area contributed by atoms with Crippen LogP contribution in [0.2, 0.25) is 5.02 Å². The van der Waals surface area contributed by atoms with Crippen molar-refractivity contribution in [1.82, 2.24) is 15.1 Å². The lowest BCUT2D eigenvalue weighted by Crippen LogP contribution is -2.45. The second-order valence-corrected chi connectivity index (χ2v) is 8.35. The van der Waals surface area contributed by atoms with Crippen molar-refractivity contribution in [2.75, 3.05) is 32.7 Å². The van der Waals surface area contributed by atoms with Gasteiger partial charge in [0, 0.05) is 37.0 Å². The largest absolute Gasteiger partial charge is 0.354 e. The standard InChI is InChI=1S/C22H32ClN3O2/c1-2-21(27)26-14-10-18(11-15-26)22(28)24-16-20(25-12-4-3-5-13-25)17-6-8-19(23)9-7-17/h6-9,18,20H,2-5,10-16H2,1H3,(H,24,28). The van der Waals surface area contributed by atoms with Gasteiger partial charge in [0.25, 0.3) is 0 Å². The average molecular weight is 406 g/mol. The average Bonchev–Trinajstić information content (AvgIpc) is 2.75. The lowest BCUT2D eigenvalue weighted by Gasteiger charge is -2.36. The number of rotatable bonds is 6. The van der Waals surface area contributed by atoms with Crippen LogP contribution >= 0.6 is 11.6 Å². The van der Waals surface area contributed by atoms with Crippen molar-refractivity contribution in [3.05, 3.63) is 34.9 Å². The van der Waals surface area contributed by atoms with Gasteiger partial charge in [-0.15, -0.1) is 0 Å². The number of carbonyl (C=O) groups is 2. The Kier molecular flexibility index (Phi) is 7.74. The zero-order valence-electron chi connectivity index (χ0n) is 16.8. The monoisotopic (exact) mass is 405 g/mol. The molecule has 2 amide bonds. The van der Waals surface area contributed by atoms with E-state index >= 15 is 0 Å². The zero-order valence-corrected chi connectivity index (χ0v) is 17.6. The molecule has 3 rings (SSSR count). The van der Waals surface area contributed by atoms with Crippen molar-refractivity contribution in [3.8, 4) is 0 Å². The summed E-state index contributed by atoms with van der Waals surface area (Å²) >= 11 is 6.06. The molecule has 0 saturated carbocycles. The molecule has 0 aliphatic carbocycles. The maximum atomic E-state index is 12.8. The summed E-state index contributed by atoms with van der Waals surface area (Å²) in [5.41, 5.74) is 1.20. The summed E-state index contributed by atoms with van der Waals surface area (Å²) < 4.78 is 0. The predicted octanol–water partition coefficient (Wildman–Crippen LogP) is 3.63. The first-order valence-electron chi connectivity index (χ1n) is 10.6. The summed E-state index contributed by atoms with van der Waals surface area (Å²) in [6.45, 7) is 6.03. The SMILES string of the molecule is CCC(=O)N1CCC(C(=O)NCC(c2ccc(Cl)cc2)N2CCCCC2)CC1. The minimum absolute atomic E-state index is 0.00753. The van der Waals surface area contributed by atoms with Gasteiger partial charge < -0.3 is 10.2 Å². The molecule has 2 saturated heterocycles. The van der Waals surface area contributed by atoms with Gasteiger partial charge in [-0.05, 0) is 56.5 Å². The van der Waals surface area contributed by atoms with Crippen molar-refractivity contribution in [1.29, 1.82) is 0 Å². The summed E-state index contributed by atoms with van der Waals surface area (Å²) in [6.07, 6.45) is 5.75. The smallest absolute Gasteiger partial charge is 0.223 e. The van der Waals surface area contributed by atoms with E-state index in [1.807, 2.05) is 24.0 Å². The minimum Gasteiger partial charge on any atom is -0.354 e. The molecule has 0 radical (unpaired) electrons. The molecule has 1 aromatic carbocycles. The molecule has 5 nitrogen and oxygen atoms in total. The van der Waals surface area contributed by atoms with E-state index in [0.29, 0.717) is 26.1 Å². The molecular formula is C22H32ClN3O2. The fourth-order valence-corrected chi connectivity index (χ4v) is 4.46. The van der Waals surface area contributed by atoms with E-state index < -0.39 is 0 Å². The van der Waals surface area contributed by atoms with E-state index in [1.165, 1.54) is 24.8 Å². The van der Waals surface area contributed by atoms with E-state index in [1.54, 1.807) is 0 Å². The number of hydrogen-bond acceptors (Lipinski definition) is 3. The third kappa shape index (κ3) is 5.48. The van der Waals surface area contributed by atoms with Gasteiger partial charge >= 0.3 is 0 Å². The lowest BCUT2D eigenvalue weighted by molar-refractivity contribution is -0.135. The van der Waals surface area contributed by atoms with E-state index in [-0.39, 0.29) is 23.8 Å². The van der Waals surface area contributed by atoms with Gasteiger partial charge in [0.1, 0.15) is 0 Å². The highest BCUT2D eigenvalue weighted by Crippen LogP contribution is 2.26. The van der Waals surface area contributed by atoms with E-state index in [9.17, 15) is 9.59 Å². The number of likely N-dealkylation sites (tertiary alicyclic amines) is 2. The van der Waals surface area contributed by atoms with Crippen molar-refractivity contribution in [2.45, 2.75) is 51.5 Å². The highest BCUT2D eigenvalue weighted by Gasteiger charge is 2.28. The fraction of sp³-hybridized carbons (Fsp3) is 0.636. The molecule has 1 aromatic rings. The summed E-state index contributed by atoms with van der Waals surface area (Å²) in [4.78, 5) is 29.0. The maximum Gasteiger partial charge on any atom is 0.223 e. The predicted molar refractivity (Wildman–Crippen MR) is 112 cm³/mol. The van der Waals surface area contributed by atoms with Gasteiger partial charge in [-0.1, -0.05) is 37.1 Å². The molecule has 6 heteroatoms. The summed E-state index contributed by atoms with van der Waals surface area (Å²) in [5, 5.41) is 3.94. The van der Waals surface area contributed by atoms with Crippen molar-refractivity contribution in [2.24, 2.45) is 5.92 Å². The van der Waals surface area contributed by atoms with Crippen molar-refractivity contribution in [3.63, 3.8) is 0 Å². The summed E-state index contributed by atoms with van der Waals surface area (Å²) in [7, 11) is 0. The Balaban J connectivity index is 1.58. The Morgan fingerprint density at radius 1 is 1.07 bits per heavy atom. The maximum absolute atomic E-state index is 12.8. The van der Waals surface area contributed by atoms with Crippen LogP contribution < -0.4 is 5.32 Å². The van der Waals surface area contributed by atoms with Gasteiger partial charge in [0.2, 0.25) is 11.8 Å². The number of benzene rings is 1. The normalized spacial score (nSPS) is 20.0. The molecule has 0 spiro atoms. The van der Waals surface area contributed by atoms with Crippen LogP contribution in [0.4, 0.5) is 0 Å². The summed E-state index contributed by atoms with van der Waals surface area (Å²) in [6, 6.07) is 8.18. The zero-order chi connectivity index (χ0) is 19.9. The van der Waals surface area contributed by atoms with Crippen LogP contribution in [0.25, 0.3) is 0 Å². The van der Waals surface area contributed by atoms with Crippen LogP contribution in [0.3, 0.4) is 0 Å². The first kappa shape index (κ1) is 21.1. The summed E-state index contributed by atoms with van der Waals surface area (Å²) in [5.74, 6) is 0.319. The van der Waals surface area contributed by atoms with Crippen LogP contribution in [0.1, 0.15) is 57.1 Å². The Morgan fingerprint density at radius 2 is 1.71 bits per heavy atom. The quantitative estimate of drug-likeness (QED) is 0.786. The van der Waals surface area contributed by atoms with Crippen LogP contribution in [0.5, 0.6) is 0 Å². The lowest BCUT2D eigenvalue weighted by atomic mass is 9.95. The van der Waals surface area contributed by atoms with Gasteiger partial charge in [-0.25, -0.2) is 0 Å². The van der Waals surface area contributed by atoms with Gasteiger partial charge in [0.05, 0.1) is 6.04 Å². The van der Waals surface area contributed by atoms with Gasteiger partial charge in [-0.3, -0.25) is 14.5 Å². The Labute approximate surface area is 173 Å². The molecule has 2 fully saturated rings. The fourth-order valence-electron chi connectivity index (χ4n) is 4.33. The number of halogens is 1. The van der Waals surface area contributed by atoms with Crippen LogP contribution in [0.15, 0.2) is 24.3 Å². The number of carbonyl (C=O) groups excluding carboxylic acids is 2. The molecule has 0 bridgehead atoms. The second-order valence-electron chi connectivity index (χ2n) is 7.92. The first-order chi connectivity index (χ1) is 13.6. The first-order valence-corrected chi connectivity index (χ1v) is 11.0. The van der Waals surface area contributed by atoms with Crippen molar-refractivity contribution < 1.29 is 9.59 Å². The number of piperidine rings is 2. The number of amides is 2. The van der Waals surface area contributed by atoms with Crippen LogP contribution in [-0.2, 0) is 9.59 Å².